The van der Waals surface area contributed by atoms with Crippen molar-refractivity contribution in [3.05, 3.63) is 10.4 Å². The van der Waals surface area contributed by atoms with Crippen molar-refractivity contribution < 1.29 is 19.1 Å². The molecule has 1 rings (SSSR count). The molecule has 4 N–H and O–H groups in total. The summed E-state index contributed by atoms with van der Waals surface area (Å²) < 4.78 is 9.91. The quantitative estimate of drug-likeness (QED) is 0.494. The van der Waals surface area contributed by atoms with Crippen molar-refractivity contribution >= 4 is 33.9 Å². The number of hydrogen-bond donors (Lipinski definition) is 3. The molecule has 0 radical (unpaired) electrons. The van der Waals surface area contributed by atoms with Crippen LogP contribution in [0.4, 0.5) is 10.7 Å². The summed E-state index contributed by atoms with van der Waals surface area (Å²) >= 11 is 1.12. The molecule has 0 bridgehead atoms. The Morgan fingerprint density at radius 3 is 2.67 bits per heavy atom. The summed E-state index contributed by atoms with van der Waals surface area (Å²) in [5, 5.41) is 6.19. The smallest absolute Gasteiger partial charge is 0.350 e. The highest BCUT2D eigenvalue weighted by atomic mass is 32.1. The van der Waals surface area contributed by atoms with Crippen molar-refractivity contribution in [1.29, 1.82) is 0 Å². The first-order valence-corrected chi connectivity index (χ1v) is 7.42. The van der Waals surface area contributed by atoms with Crippen LogP contribution in [-0.2, 0) is 9.47 Å². The van der Waals surface area contributed by atoms with Gasteiger partial charge in [0, 0.05) is 27.3 Å². The molecule has 8 heteroatoms. The number of thiophene rings is 1. The number of amides is 1. The Bertz CT molecular complexity index is 502. The molecule has 7 nitrogen and oxygen atoms in total. The molecule has 0 saturated carbocycles. The zero-order valence-electron chi connectivity index (χ0n) is 12.4. The fraction of sp³-hybridized carbons (Fsp3) is 0.538. The third-order valence-electron chi connectivity index (χ3n) is 2.67. The number of carbonyl (C=O) groups excluding carboxylic acids is 2. The molecule has 1 amide bonds. The van der Waals surface area contributed by atoms with Crippen LogP contribution in [0.5, 0.6) is 0 Å². The summed E-state index contributed by atoms with van der Waals surface area (Å²) in [6.07, 6.45) is 0.774. The number of carbonyl (C=O) groups is 2. The SMILES string of the molecule is CCOC(=O)c1sc(NCCCOC)c(C(=O)NC)c1N. The maximum atomic E-state index is 11.9. The molecule has 0 aliphatic heterocycles. The molecule has 0 aliphatic rings. The van der Waals surface area contributed by atoms with E-state index in [2.05, 4.69) is 10.6 Å². The standard InChI is InChI=1S/C13H21N3O4S/c1-4-20-13(18)10-9(14)8(11(17)15-2)12(21-10)16-6-5-7-19-3/h16H,4-7,14H2,1-3H3,(H,15,17). The van der Waals surface area contributed by atoms with E-state index in [1.54, 1.807) is 14.0 Å². The molecule has 0 fully saturated rings. The van der Waals surface area contributed by atoms with Crippen LogP contribution >= 0.6 is 11.3 Å². The zero-order valence-corrected chi connectivity index (χ0v) is 13.3. The third-order valence-corrected chi connectivity index (χ3v) is 3.81. The summed E-state index contributed by atoms with van der Waals surface area (Å²) in [5.74, 6) is -0.858. The highest BCUT2D eigenvalue weighted by Gasteiger charge is 2.25. The van der Waals surface area contributed by atoms with Gasteiger partial charge < -0.3 is 25.8 Å². The number of hydrogen-bond acceptors (Lipinski definition) is 7. The monoisotopic (exact) mass is 315 g/mol. The number of nitrogen functional groups attached to an aromatic ring is 1. The molecule has 21 heavy (non-hydrogen) atoms. The lowest BCUT2D eigenvalue weighted by molar-refractivity contribution is 0.0533. The van der Waals surface area contributed by atoms with E-state index in [4.69, 9.17) is 15.2 Å². The normalized spacial score (nSPS) is 10.2. The van der Waals surface area contributed by atoms with Gasteiger partial charge in [-0.3, -0.25) is 4.79 Å². The van der Waals surface area contributed by atoms with Crippen LogP contribution in [0.15, 0.2) is 0 Å². The Morgan fingerprint density at radius 2 is 2.10 bits per heavy atom. The van der Waals surface area contributed by atoms with E-state index >= 15 is 0 Å². The van der Waals surface area contributed by atoms with Crippen molar-refractivity contribution in [1.82, 2.24) is 5.32 Å². The predicted molar refractivity (Wildman–Crippen MR) is 83.1 cm³/mol. The van der Waals surface area contributed by atoms with Crippen molar-refractivity contribution in [3.8, 4) is 0 Å². The largest absolute Gasteiger partial charge is 0.462 e. The van der Waals surface area contributed by atoms with Crippen LogP contribution in [0, 0.1) is 0 Å². The maximum absolute atomic E-state index is 11.9. The van der Waals surface area contributed by atoms with Crippen LogP contribution in [0.3, 0.4) is 0 Å². The first kappa shape index (κ1) is 17.3. The first-order chi connectivity index (χ1) is 10.1. The van der Waals surface area contributed by atoms with Gasteiger partial charge in [-0.25, -0.2) is 4.79 Å². The topological polar surface area (TPSA) is 103 Å². The van der Waals surface area contributed by atoms with E-state index in [9.17, 15) is 9.59 Å². The Kier molecular flexibility index (Phi) is 6.97. The van der Waals surface area contributed by atoms with Gasteiger partial charge in [0.2, 0.25) is 0 Å². The third kappa shape index (κ3) is 4.33. The first-order valence-electron chi connectivity index (χ1n) is 6.61. The van der Waals surface area contributed by atoms with Crippen LogP contribution in [-0.4, -0.2) is 45.8 Å². The van der Waals surface area contributed by atoms with E-state index in [1.165, 1.54) is 7.05 Å². The number of anilines is 2. The fourth-order valence-electron chi connectivity index (χ4n) is 1.69. The van der Waals surface area contributed by atoms with Gasteiger partial charge in [-0.2, -0.15) is 0 Å². The van der Waals surface area contributed by atoms with E-state index in [-0.39, 0.29) is 28.6 Å². The van der Waals surface area contributed by atoms with Crippen LogP contribution < -0.4 is 16.4 Å². The number of rotatable bonds is 8. The summed E-state index contributed by atoms with van der Waals surface area (Å²) in [4.78, 5) is 24.0. The highest BCUT2D eigenvalue weighted by Crippen LogP contribution is 2.36. The van der Waals surface area contributed by atoms with E-state index in [0.29, 0.717) is 18.2 Å². The molecule has 0 spiro atoms. The van der Waals surface area contributed by atoms with E-state index in [1.807, 2.05) is 0 Å². The lowest BCUT2D eigenvalue weighted by Gasteiger charge is -2.06. The molecule has 1 aromatic rings. The van der Waals surface area contributed by atoms with Crippen LogP contribution in [0.2, 0.25) is 0 Å². The van der Waals surface area contributed by atoms with Gasteiger partial charge in [0.05, 0.1) is 17.9 Å². The van der Waals surface area contributed by atoms with Gasteiger partial charge in [-0.15, -0.1) is 11.3 Å². The van der Waals surface area contributed by atoms with Gasteiger partial charge in [-0.1, -0.05) is 0 Å². The number of nitrogens with two attached hydrogens (primary N) is 1. The highest BCUT2D eigenvalue weighted by molar-refractivity contribution is 7.19. The molecular weight excluding hydrogens is 294 g/mol. The van der Waals surface area contributed by atoms with Crippen molar-refractivity contribution in [2.24, 2.45) is 0 Å². The minimum atomic E-state index is -0.518. The number of ether oxygens (including phenoxy) is 2. The summed E-state index contributed by atoms with van der Waals surface area (Å²) in [5.41, 5.74) is 6.35. The lowest BCUT2D eigenvalue weighted by atomic mass is 10.2. The Labute approximate surface area is 127 Å². The second kappa shape index (κ2) is 8.48. The second-order valence-electron chi connectivity index (χ2n) is 4.12. The predicted octanol–water partition coefficient (Wildman–Crippen LogP) is 1.31. The number of methoxy groups -OCH3 is 1. The fourth-order valence-corrected chi connectivity index (χ4v) is 2.72. The zero-order chi connectivity index (χ0) is 15.8. The van der Waals surface area contributed by atoms with Gasteiger partial charge in [-0.05, 0) is 13.3 Å². The summed E-state index contributed by atoms with van der Waals surface area (Å²) in [6.45, 7) is 3.18. The average molecular weight is 315 g/mol. The molecule has 0 saturated heterocycles. The van der Waals surface area contributed by atoms with Gasteiger partial charge in [0.25, 0.3) is 5.91 Å². The molecule has 118 valence electrons. The molecule has 0 unspecified atom stereocenters. The minimum Gasteiger partial charge on any atom is -0.462 e. The molecule has 0 atom stereocenters. The molecule has 1 heterocycles. The number of nitrogens with one attached hydrogen (secondary N) is 2. The molecule has 1 aromatic heterocycles. The van der Waals surface area contributed by atoms with Gasteiger partial charge in [0.15, 0.2) is 0 Å². The van der Waals surface area contributed by atoms with Crippen LogP contribution in [0.1, 0.15) is 33.4 Å². The molecular formula is C13H21N3O4S. The van der Waals surface area contributed by atoms with Crippen LogP contribution in [0.25, 0.3) is 0 Å². The van der Waals surface area contributed by atoms with Gasteiger partial charge in [0.1, 0.15) is 9.88 Å². The Hall–Kier alpha value is -1.80. The maximum Gasteiger partial charge on any atom is 0.350 e. The van der Waals surface area contributed by atoms with Gasteiger partial charge >= 0.3 is 5.97 Å². The lowest BCUT2D eigenvalue weighted by Crippen LogP contribution is -2.20. The summed E-state index contributed by atoms with van der Waals surface area (Å²) in [6, 6.07) is 0. The Morgan fingerprint density at radius 1 is 1.38 bits per heavy atom. The van der Waals surface area contributed by atoms with E-state index in [0.717, 1.165) is 17.8 Å². The molecule has 0 aliphatic carbocycles. The van der Waals surface area contributed by atoms with Crippen molar-refractivity contribution in [2.45, 2.75) is 13.3 Å². The minimum absolute atomic E-state index is 0.145. The summed E-state index contributed by atoms with van der Waals surface area (Å²) in [7, 11) is 3.14. The molecule has 0 aromatic carbocycles. The second-order valence-corrected chi connectivity index (χ2v) is 5.14. The van der Waals surface area contributed by atoms with Crippen molar-refractivity contribution in [2.75, 3.05) is 45.0 Å². The van der Waals surface area contributed by atoms with E-state index < -0.39 is 5.97 Å². The average Bonchev–Trinajstić information content (AvgIpc) is 2.80. The Balaban J connectivity index is 3.00. The van der Waals surface area contributed by atoms with Crippen molar-refractivity contribution in [3.63, 3.8) is 0 Å². The number of esters is 1.